The van der Waals surface area contributed by atoms with Gasteiger partial charge in [0.2, 0.25) is 15.9 Å². The van der Waals surface area contributed by atoms with Crippen LogP contribution in [0.25, 0.3) is 0 Å². The molecule has 1 aliphatic heterocycles. The minimum Gasteiger partial charge on any atom is -0.354 e. The highest BCUT2D eigenvalue weighted by Gasteiger charge is 2.47. The number of amides is 2. The third-order valence-electron chi connectivity index (χ3n) is 4.83. The van der Waals surface area contributed by atoms with Crippen LogP contribution in [-0.4, -0.2) is 57.6 Å². The molecule has 1 unspecified atom stereocenters. The molecule has 1 saturated heterocycles. The molecule has 0 saturated carbocycles. The van der Waals surface area contributed by atoms with E-state index in [4.69, 9.17) is 9.47 Å². The monoisotopic (exact) mass is 574 g/mol. The SMILES string of the molecule is COC(CN(C1CC(=O)N(c2ccc(Br)cc2)C1=O)S(=O)(=O)c1ccc(Br)cc1)OC. The molecule has 0 bridgehead atoms. The second-order valence-corrected chi connectivity index (χ2v) is 10.4. The second-order valence-electron chi connectivity index (χ2n) is 6.69. The summed E-state index contributed by atoms with van der Waals surface area (Å²) >= 11 is 6.59. The quantitative estimate of drug-likeness (QED) is 0.355. The molecule has 1 aliphatic rings. The van der Waals surface area contributed by atoms with Crippen molar-refractivity contribution in [1.29, 1.82) is 0 Å². The summed E-state index contributed by atoms with van der Waals surface area (Å²) in [6.07, 6.45) is -1.21. The van der Waals surface area contributed by atoms with Crippen molar-refractivity contribution in [1.82, 2.24) is 4.31 Å². The standard InChI is InChI=1S/C20H20Br2N2O6S/c1-29-19(30-2)12-23(31(27,28)16-9-5-14(22)6-10-16)17-11-18(25)24(20(17)26)15-7-3-13(21)4-8-15/h3-10,17,19H,11-12H2,1-2H3. The van der Waals surface area contributed by atoms with Gasteiger partial charge < -0.3 is 9.47 Å². The molecule has 1 atom stereocenters. The fourth-order valence-electron chi connectivity index (χ4n) is 3.23. The van der Waals surface area contributed by atoms with Crippen LogP contribution in [0.2, 0.25) is 0 Å². The lowest BCUT2D eigenvalue weighted by molar-refractivity contribution is -0.125. The van der Waals surface area contributed by atoms with Crippen LogP contribution in [0.5, 0.6) is 0 Å². The Hall–Kier alpha value is -1.63. The molecule has 0 radical (unpaired) electrons. The molecule has 2 amide bonds. The number of nitrogens with zero attached hydrogens (tertiary/aromatic N) is 2. The molecule has 0 aromatic heterocycles. The molecular weight excluding hydrogens is 556 g/mol. The van der Waals surface area contributed by atoms with Gasteiger partial charge in [0.15, 0.2) is 6.29 Å². The summed E-state index contributed by atoms with van der Waals surface area (Å²) in [5, 5.41) is 0. The van der Waals surface area contributed by atoms with Crippen LogP contribution < -0.4 is 4.90 Å². The average molecular weight is 576 g/mol. The van der Waals surface area contributed by atoms with Crippen LogP contribution in [0.1, 0.15) is 6.42 Å². The van der Waals surface area contributed by atoms with Crippen molar-refractivity contribution in [3.8, 4) is 0 Å². The predicted molar refractivity (Wildman–Crippen MR) is 121 cm³/mol. The Morgan fingerprint density at radius 3 is 2.03 bits per heavy atom. The molecule has 1 heterocycles. The first-order valence-corrected chi connectivity index (χ1v) is 12.2. The third-order valence-corrected chi connectivity index (χ3v) is 7.78. The van der Waals surface area contributed by atoms with Crippen molar-refractivity contribution in [2.24, 2.45) is 0 Å². The van der Waals surface area contributed by atoms with Gasteiger partial charge in [0.05, 0.1) is 23.5 Å². The van der Waals surface area contributed by atoms with Gasteiger partial charge in [-0.2, -0.15) is 4.31 Å². The summed E-state index contributed by atoms with van der Waals surface area (Å²) in [7, 11) is -1.40. The van der Waals surface area contributed by atoms with Gasteiger partial charge in [0.1, 0.15) is 6.04 Å². The van der Waals surface area contributed by atoms with E-state index < -0.39 is 34.2 Å². The van der Waals surface area contributed by atoms with Crippen molar-refractivity contribution >= 4 is 59.4 Å². The summed E-state index contributed by atoms with van der Waals surface area (Å²) in [5.41, 5.74) is 0.372. The first-order chi connectivity index (χ1) is 14.7. The number of benzene rings is 2. The number of carbonyl (C=O) groups excluding carboxylic acids is 2. The summed E-state index contributed by atoms with van der Waals surface area (Å²) < 4.78 is 39.7. The normalized spacial score (nSPS) is 17.2. The van der Waals surface area contributed by atoms with Gasteiger partial charge in [-0.3, -0.25) is 9.59 Å². The highest BCUT2D eigenvalue weighted by Crippen LogP contribution is 2.30. The zero-order valence-electron chi connectivity index (χ0n) is 16.7. The van der Waals surface area contributed by atoms with Crippen LogP contribution in [0, 0.1) is 0 Å². The van der Waals surface area contributed by atoms with E-state index in [1.54, 1.807) is 36.4 Å². The molecule has 1 fully saturated rings. The summed E-state index contributed by atoms with van der Waals surface area (Å²) in [4.78, 5) is 27.0. The highest BCUT2D eigenvalue weighted by atomic mass is 79.9. The summed E-state index contributed by atoms with van der Waals surface area (Å²) in [5.74, 6) is -1.11. The number of hydrogen-bond acceptors (Lipinski definition) is 6. The van der Waals surface area contributed by atoms with E-state index in [9.17, 15) is 18.0 Å². The van der Waals surface area contributed by atoms with E-state index in [-0.39, 0.29) is 17.9 Å². The second kappa shape index (κ2) is 9.88. The Morgan fingerprint density at radius 1 is 1.00 bits per heavy atom. The van der Waals surface area contributed by atoms with Crippen molar-refractivity contribution in [3.63, 3.8) is 0 Å². The number of sulfonamides is 1. The Morgan fingerprint density at radius 2 is 1.52 bits per heavy atom. The van der Waals surface area contributed by atoms with Crippen molar-refractivity contribution in [3.05, 3.63) is 57.5 Å². The van der Waals surface area contributed by atoms with Gasteiger partial charge in [0.25, 0.3) is 5.91 Å². The third kappa shape index (κ3) is 5.07. The van der Waals surface area contributed by atoms with E-state index in [0.717, 1.165) is 13.7 Å². The minimum atomic E-state index is -4.14. The Balaban J connectivity index is 2.01. The number of rotatable bonds is 8. The molecule has 166 valence electrons. The largest absolute Gasteiger partial charge is 0.354 e. The summed E-state index contributed by atoms with van der Waals surface area (Å²) in [6, 6.07) is 11.4. The predicted octanol–water partition coefficient (Wildman–Crippen LogP) is 3.15. The Bertz CT molecular complexity index is 1060. The van der Waals surface area contributed by atoms with Gasteiger partial charge in [-0.05, 0) is 48.5 Å². The Kier molecular flexibility index (Phi) is 7.66. The zero-order valence-corrected chi connectivity index (χ0v) is 20.7. The fraction of sp³-hybridized carbons (Fsp3) is 0.300. The van der Waals surface area contributed by atoms with Gasteiger partial charge in [-0.15, -0.1) is 0 Å². The van der Waals surface area contributed by atoms with Crippen LogP contribution in [0.3, 0.4) is 0 Å². The average Bonchev–Trinajstić information content (AvgIpc) is 3.03. The summed E-state index contributed by atoms with van der Waals surface area (Å²) in [6.45, 7) is -0.261. The number of methoxy groups -OCH3 is 2. The fourth-order valence-corrected chi connectivity index (χ4v) is 5.33. The van der Waals surface area contributed by atoms with Gasteiger partial charge >= 0.3 is 0 Å². The molecule has 11 heteroatoms. The lowest BCUT2D eigenvalue weighted by Crippen LogP contribution is -2.49. The van der Waals surface area contributed by atoms with Gasteiger partial charge in [-0.25, -0.2) is 13.3 Å². The molecule has 2 aromatic rings. The van der Waals surface area contributed by atoms with Crippen LogP contribution in [0.15, 0.2) is 62.4 Å². The van der Waals surface area contributed by atoms with Crippen LogP contribution in [-0.2, 0) is 29.1 Å². The zero-order chi connectivity index (χ0) is 22.8. The molecule has 0 aliphatic carbocycles. The van der Waals surface area contributed by atoms with E-state index in [2.05, 4.69) is 31.9 Å². The highest BCUT2D eigenvalue weighted by molar-refractivity contribution is 9.10. The van der Waals surface area contributed by atoms with E-state index in [0.29, 0.717) is 10.2 Å². The Labute approximate surface area is 197 Å². The molecule has 2 aromatic carbocycles. The van der Waals surface area contributed by atoms with Crippen LogP contribution in [0.4, 0.5) is 5.69 Å². The molecule has 0 spiro atoms. The number of halogens is 2. The van der Waals surface area contributed by atoms with Gasteiger partial charge in [-0.1, -0.05) is 31.9 Å². The molecule has 31 heavy (non-hydrogen) atoms. The van der Waals surface area contributed by atoms with E-state index in [1.165, 1.54) is 26.4 Å². The molecular formula is C20H20Br2N2O6S. The number of imide groups is 1. The lowest BCUT2D eigenvalue weighted by atomic mass is 10.2. The number of hydrogen-bond donors (Lipinski definition) is 0. The number of carbonyl (C=O) groups is 2. The van der Waals surface area contributed by atoms with E-state index >= 15 is 0 Å². The lowest BCUT2D eigenvalue weighted by Gasteiger charge is -2.29. The molecule has 3 rings (SSSR count). The smallest absolute Gasteiger partial charge is 0.252 e. The first kappa shape index (κ1) is 24.0. The maximum atomic E-state index is 13.4. The number of ether oxygens (including phenoxy) is 2. The van der Waals surface area contributed by atoms with Crippen molar-refractivity contribution in [2.75, 3.05) is 25.7 Å². The van der Waals surface area contributed by atoms with Gasteiger partial charge in [0, 0.05) is 23.2 Å². The van der Waals surface area contributed by atoms with E-state index in [1.807, 2.05) is 0 Å². The maximum absolute atomic E-state index is 13.4. The first-order valence-electron chi connectivity index (χ1n) is 9.14. The van der Waals surface area contributed by atoms with Crippen molar-refractivity contribution in [2.45, 2.75) is 23.6 Å². The number of anilines is 1. The maximum Gasteiger partial charge on any atom is 0.252 e. The topological polar surface area (TPSA) is 93.2 Å². The molecule has 8 nitrogen and oxygen atoms in total. The molecule has 0 N–H and O–H groups in total. The van der Waals surface area contributed by atoms with Crippen molar-refractivity contribution < 1.29 is 27.5 Å². The van der Waals surface area contributed by atoms with Crippen LogP contribution >= 0.6 is 31.9 Å². The minimum absolute atomic E-state index is 0.0102.